The van der Waals surface area contributed by atoms with Crippen molar-refractivity contribution in [1.29, 1.82) is 0 Å². The van der Waals surface area contributed by atoms with Gasteiger partial charge in [0.15, 0.2) is 5.06 Å². The molecule has 1 aromatic rings. The second kappa shape index (κ2) is 4.64. The van der Waals surface area contributed by atoms with Gasteiger partial charge in [0, 0.05) is 17.3 Å². The number of halogens is 1. The van der Waals surface area contributed by atoms with Gasteiger partial charge in [-0.15, -0.1) is 11.3 Å². The van der Waals surface area contributed by atoms with Crippen LogP contribution in [-0.4, -0.2) is 20.2 Å². The standard InChI is InChI=1S/C10H14BrNOS/c1-13-10-8(11)5-9(14-10)7-3-2-4-12-6-7/h5,7,12H,2-4,6H2,1H3. The number of rotatable bonds is 2. The lowest BCUT2D eigenvalue weighted by Gasteiger charge is -2.21. The fraction of sp³-hybridized carbons (Fsp3) is 0.600. The molecule has 14 heavy (non-hydrogen) atoms. The molecule has 1 N–H and O–H groups in total. The quantitative estimate of drug-likeness (QED) is 0.896. The Balaban J connectivity index is 2.14. The minimum absolute atomic E-state index is 0.675. The van der Waals surface area contributed by atoms with Gasteiger partial charge in [-0.3, -0.25) is 0 Å². The Morgan fingerprint density at radius 2 is 2.50 bits per heavy atom. The van der Waals surface area contributed by atoms with Crippen LogP contribution in [-0.2, 0) is 0 Å². The first-order valence-electron chi connectivity index (χ1n) is 4.85. The summed E-state index contributed by atoms with van der Waals surface area (Å²) in [6.45, 7) is 2.27. The first-order valence-corrected chi connectivity index (χ1v) is 6.46. The average Bonchev–Trinajstić information content (AvgIpc) is 2.61. The Morgan fingerprint density at radius 3 is 3.07 bits per heavy atom. The highest BCUT2D eigenvalue weighted by Gasteiger charge is 2.18. The summed E-state index contributed by atoms with van der Waals surface area (Å²) < 4.78 is 6.36. The molecule has 1 aliphatic rings. The zero-order chi connectivity index (χ0) is 9.97. The highest BCUT2D eigenvalue weighted by Crippen LogP contribution is 2.39. The Bertz CT molecular complexity index is 307. The highest BCUT2D eigenvalue weighted by atomic mass is 79.9. The number of hydrogen-bond donors (Lipinski definition) is 1. The zero-order valence-electron chi connectivity index (χ0n) is 8.18. The third-order valence-electron chi connectivity index (χ3n) is 2.56. The van der Waals surface area contributed by atoms with Gasteiger partial charge >= 0.3 is 0 Å². The summed E-state index contributed by atoms with van der Waals surface area (Å²) >= 11 is 5.27. The molecule has 1 saturated heterocycles. The summed E-state index contributed by atoms with van der Waals surface area (Å²) in [5, 5.41) is 4.42. The number of nitrogens with one attached hydrogen (secondary N) is 1. The molecule has 0 aromatic carbocycles. The molecule has 2 rings (SSSR count). The van der Waals surface area contributed by atoms with Crippen molar-refractivity contribution in [3.8, 4) is 5.06 Å². The Morgan fingerprint density at radius 1 is 1.64 bits per heavy atom. The van der Waals surface area contributed by atoms with Gasteiger partial charge in [-0.2, -0.15) is 0 Å². The van der Waals surface area contributed by atoms with Crippen LogP contribution in [0.15, 0.2) is 10.5 Å². The summed E-state index contributed by atoms with van der Waals surface area (Å²) in [7, 11) is 1.72. The van der Waals surface area contributed by atoms with Crippen LogP contribution in [0.2, 0.25) is 0 Å². The molecule has 78 valence electrons. The molecule has 0 aliphatic carbocycles. The van der Waals surface area contributed by atoms with E-state index in [1.165, 1.54) is 24.3 Å². The van der Waals surface area contributed by atoms with Gasteiger partial charge in [-0.25, -0.2) is 0 Å². The van der Waals surface area contributed by atoms with E-state index in [4.69, 9.17) is 4.74 Å². The molecule has 2 heterocycles. The summed E-state index contributed by atoms with van der Waals surface area (Å²) in [6, 6.07) is 2.20. The maximum absolute atomic E-state index is 5.27. The Labute approximate surface area is 96.8 Å². The highest BCUT2D eigenvalue weighted by molar-refractivity contribution is 9.10. The van der Waals surface area contributed by atoms with Crippen LogP contribution in [0.4, 0.5) is 0 Å². The lowest BCUT2D eigenvalue weighted by molar-refractivity contribution is 0.425. The van der Waals surface area contributed by atoms with E-state index < -0.39 is 0 Å². The van der Waals surface area contributed by atoms with Crippen LogP contribution in [0.3, 0.4) is 0 Å². The molecule has 0 bridgehead atoms. The number of methoxy groups -OCH3 is 1. The fourth-order valence-electron chi connectivity index (χ4n) is 1.80. The van der Waals surface area contributed by atoms with Crippen molar-refractivity contribution in [2.24, 2.45) is 0 Å². The van der Waals surface area contributed by atoms with E-state index in [-0.39, 0.29) is 0 Å². The van der Waals surface area contributed by atoms with Gasteiger partial charge < -0.3 is 10.1 Å². The topological polar surface area (TPSA) is 21.3 Å². The fourth-order valence-corrected chi connectivity index (χ4v) is 3.61. The predicted molar refractivity (Wildman–Crippen MR) is 63.4 cm³/mol. The molecule has 1 aromatic heterocycles. The number of thiophene rings is 1. The van der Waals surface area contributed by atoms with Crippen molar-refractivity contribution in [3.05, 3.63) is 15.4 Å². The molecule has 1 aliphatic heterocycles. The normalized spacial score (nSPS) is 22.3. The lowest BCUT2D eigenvalue weighted by atomic mass is 9.98. The van der Waals surface area contributed by atoms with Gasteiger partial charge in [-0.05, 0) is 41.4 Å². The second-order valence-electron chi connectivity index (χ2n) is 3.53. The monoisotopic (exact) mass is 275 g/mol. The van der Waals surface area contributed by atoms with Crippen molar-refractivity contribution in [1.82, 2.24) is 5.32 Å². The van der Waals surface area contributed by atoms with E-state index in [2.05, 4.69) is 27.3 Å². The predicted octanol–water partition coefficient (Wildman–Crippen LogP) is 2.99. The maximum Gasteiger partial charge on any atom is 0.188 e. The molecule has 4 heteroatoms. The second-order valence-corrected chi connectivity index (χ2v) is 5.43. The van der Waals surface area contributed by atoms with Crippen molar-refractivity contribution in [2.75, 3.05) is 20.2 Å². The first-order chi connectivity index (χ1) is 6.81. The minimum atomic E-state index is 0.675. The molecule has 0 spiro atoms. The Hall–Kier alpha value is -0.0600. The van der Waals surface area contributed by atoms with E-state index in [1.807, 2.05) is 0 Å². The molecule has 1 unspecified atom stereocenters. The van der Waals surface area contributed by atoms with Crippen LogP contribution in [0.25, 0.3) is 0 Å². The van der Waals surface area contributed by atoms with E-state index >= 15 is 0 Å². The van der Waals surface area contributed by atoms with E-state index in [1.54, 1.807) is 18.4 Å². The summed E-state index contributed by atoms with van der Waals surface area (Å²) in [4.78, 5) is 1.43. The molecular formula is C10H14BrNOS. The van der Waals surface area contributed by atoms with Crippen LogP contribution in [0.1, 0.15) is 23.6 Å². The number of hydrogen-bond acceptors (Lipinski definition) is 3. The Kier molecular flexibility index (Phi) is 3.47. The molecule has 0 radical (unpaired) electrons. The largest absolute Gasteiger partial charge is 0.486 e. The van der Waals surface area contributed by atoms with Gasteiger partial charge in [0.2, 0.25) is 0 Å². The van der Waals surface area contributed by atoms with E-state index in [9.17, 15) is 0 Å². The van der Waals surface area contributed by atoms with E-state index in [0.717, 1.165) is 16.1 Å². The molecular weight excluding hydrogens is 262 g/mol. The van der Waals surface area contributed by atoms with E-state index in [0.29, 0.717) is 5.92 Å². The van der Waals surface area contributed by atoms with Crippen molar-refractivity contribution in [2.45, 2.75) is 18.8 Å². The smallest absolute Gasteiger partial charge is 0.188 e. The van der Waals surface area contributed by atoms with Crippen LogP contribution in [0, 0.1) is 0 Å². The van der Waals surface area contributed by atoms with Crippen LogP contribution >= 0.6 is 27.3 Å². The van der Waals surface area contributed by atoms with Crippen molar-refractivity contribution >= 4 is 27.3 Å². The number of piperidine rings is 1. The van der Waals surface area contributed by atoms with Crippen LogP contribution in [0.5, 0.6) is 5.06 Å². The molecule has 1 fully saturated rings. The molecule has 1 atom stereocenters. The first kappa shape index (κ1) is 10.5. The summed E-state index contributed by atoms with van der Waals surface area (Å²) in [5.41, 5.74) is 0. The van der Waals surface area contributed by atoms with Crippen molar-refractivity contribution < 1.29 is 4.74 Å². The molecule has 0 amide bonds. The van der Waals surface area contributed by atoms with Crippen molar-refractivity contribution in [3.63, 3.8) is 0 Å². The molecule has 0 saturated carbocycles. The lowest BCUT2D eigenvalue weighted by Crippen LogP contribution is -2.27. The third-order valence-corrected chi connectivity index (χ3v) is 4.67. The molecule has 2 nitrogen and oxygen atoms in total. The van der Waals surface area contributed by atoms with Crippen LogP contribution < -0.4 is 10.1 Å². The SMILES string of the molecule is COc1sc(C2CCCNC2)cc1Br. The summed E-state index contributed by atoms with van der Waals surface area (Å²) in [6.07, 6.45) is 2.58. The van der Waals surface area contributed by atoms with Gasteiger partial charge in [0.1, 0.15) is 0 Å². The average molecular weight is 276 g/mol. The van der Waals surface area contributed by atoms with Gasteiger partial charge in [0.25, 0.3) is 0 Å². The third kappa shape index (κ3) is 2.12. The summed E-state index contributed by atoms with van der Waals surface area (Å²) in [5.74, 6) is 0.675. The number of ether oxygens (including phenoxy) is 1. The zero-order valence-corrected chi connectivity index (χ0v) is 10.6. The van der Waals surface area contributed by atoms with Gasteiger partial charge in [0.05, 0.1) is 11.6 Å². The van der Waals surface area contributed by atoms with Gasteiger partial charge in [-0.1, -0.05) is 0 Å². The minimum Gasteiger partial charge on any atom is -0.486 e. The maximum atomic E-state index is 5.27.